The van der Waals surface area contributed by atoms with Crippen LogP contribution in [0.2, 0.25) is 0 Å². The fourth-order valence-electron chi connectivity index (χ4n) is 3.13. The molecule has 0 unspecified atom stereocenters. The van der Waals surface area contributed by atoms with Gasteiger partial charge in [-0.2, -0.15) is 0 Å². The number of benzene rings is 1. The van der Waals surface area contributed by atoms with Gasteiger partial charge in [0.2, 0.25) is 0 Å². The summed E-state index contributed by atoms with van der Waals surface area (Å²) in [6.07, 6.45) is 7.11. The average Bonchev–Trinajstić information content (AvgIpc) is 2.49. The standard InChI is InChI=1S/C17H26FNO/c1-2-3-14-8-10-17(13-19,11-9-14)20-12-15-4-6-16(18)7-5-15/h4-7,14H,2-3,8-13,19H2,1H3. The first-order valence-electron chi connectivity index (χ1n) is 7.76. The summed E-state index contributed by atoms with van der Waals surface area (Å²) in [7, 11) is 0. The minimum Gasteiger partial charge on any atom is -0.369 e. The van der Waals surface area contributed by atoms with Crippen LogP contribution in [0, 0.1) is 11.7 Å². The zero-order valence-electron chi connectivity index (χ0n) is 12.4. The quantitative estimate of drug-likeness (QED) is 0.853. The number of hydrogen-bond acceptors (Lipinski definition) is 2. The molecular weight excluding hydrogens is 253 g/mol. The van der Waals surface area contributed by atoms with Crippen LogP contribution >= 0.6 is 0 Å². The Kier molecular flexibility index (Phi) is 5.55. The second-order valence-electron chi connectivity index (χ2n) is 6.03. The summed E-state index contributed by atoms with van der Waals surface area (Å²) in [6, 6.07) is 6.52. The third-order valence-electron chi connectivity index (χ3n) is 4.54. The number of nitrogens with two attached hydrogens (primary N) is 1. The van der Waals surface area contributed by atoms with E-state index in [9.17, 15) is 4.39 Å². The van der Waals surface area contributed by atoms with Gasteiger partial charge in [0.15, 0.2) is 0 Å². The van der Waals surface area contributed by atoms with E-state index in [4.69, 9.17) is 10.5 Å². The molecule has 112 valence electrons. The number of rotatable bonds is 6. The van der Waals surface area contributed by atoms with Crippen LogP contribution in [0.1, 0.15) is 51.0 Å². The number of ether oxygens (including phenoxy) is 1. The van der Waals surface area contributed by atoms with Gasteiger partial charge in [-0.05, 0) is 49.3 Å². The third-order valence-corrected chi connectivity index (χ3v) is 4.54. The molecule has 1 saturated carbocycles. The van der Waals surface area contributed by atoms with E-state index in [0.29, 0.717) is 13.2 Å². The second-order valence-corrected chi connectivity index (χ2v) is 6.03. The molecule has 1 aliphatic carbocycles. The molecule has 0 aromatic heterocycles. The molecule has 0 spiro atoms. The monoisotopic (exact) mass is 279 g/mol. The van der Waals surface area contributed by atoms with Crippen LogP contribution in [0.4, 0.5) is 4.39 Å². The van der Waals surface area contributed by atoms with Crippen molar-refractivity contribution in [3.63, 3.8) is 0 Å². The first kappa shape index (κ1) is 15.5. The predicted molar refractivity (Wildman–Crippen MR) is 79.8 cm³/mol. The first-order chi connectivity index (χ1) is 9.67. The molecule has 2 rings (SSSR count). The normalized spacial score (nSPS) is 26.6. The van der Waals surface area contributed by atoms with Gasteiger partial charge in [-0.15, -0.1) is 0 Å². The highest BCUT2D eigenvalue weighted by molar-refractivity contribution is 5.15. The van der Waals surface area contributed by atoms with E-state index >= 15 is 0 Å². The van der Waals surface area contributed by atoms with E-state index < -0.39 is 0 Å². The van der Waals surface area contributed by atoms with E-state index in [-0.39, 0.29) is 11.4 Å². The van der Waals surface area contributed by atoms with Crippen LogP contribution in [0.3, 0.4) is 0 Å². The summed E-state index contributed by atoms with van der Waals surface area (Å²) in [4.78, 5) is 0. The van der Waals surface area contributed by atoms with Gasteiger partial charge >= 0.3 is 0 Å². The second kappa shape index (κ2) is 7.19. The van der Waals surface area contributed by atoms with Gasteiger partial charge in [-0.3, -0.25) is 0 Å². The minimum atomic E-state index is -0.206. The van der Waals surface area contributed by atoms with Gasteiger partial charge in [0.05, 0.1) is 12.2 Å². The molecule has 2 N–H and O–H groups in total. The van der Waals surface area contributed by atoms with Gasteiger partial charge in [0, 0.05) is 6.54 Å². The van der Waals surface area contributed by atoms with Crippen molar-refractivity contribution in [2.75, 3.05) is 6.54 Å². The molecule has 0 radical (unpaired) electrons. The van der Waals surface area contributed by atoms with Crippen LogP contribution in [-0.4, -0.2) is 12.1 Å². The highest BCUT2D eigenvalue weighted by atomic mass is 19.1. The minimum absolute atomic E-state index is 0.168. The average molecular weight is 279 g/mol. The third kappa shape index (κ3) is 4.03. The first-order valence-corrected chi connectivity index (χ1v) is 7.76. The van der Waals surface area contributed by atoms with Gasteiger partial charge < -0.3 is 10.5 Å². The highest BCUT2D eigenvalue weighted by Gasteiger charge is 2.34. The summed E-state index contributed by atoms with van der Waals surface area (Å²) in [5.41, 5.74) is 6.80. The Morgan fingerprint density at radius 1 is 1.25 bits per heavy atom. The van der Waals surface area contributed by atoms with Gasteiger partial charge in [0.1, 0.15) is 5.82 Å². The van der Waals surface area contributed by atoms with Crippen LogP contribution in [-0.2, 0) is 11.3 Å². The fraction of sp³-hybridized carbons (Fsp3) is 0.647. The Bertz CT molecular complexity index is 396. The smallest absolute Gasteiger partial charge is 0.123 e. The lowest BCUT2D eigenvalue weighted by molar-refractivity contribution is -0.0816. The van der Waals surface area contributed by atoms with Crippen molar-refractivity contribution in [1.82, 2.24) is 0 Å². The van der Waals surface area contributed by atoms with Gasteiger partial charge in [-0.25, -0.2) is 4.39 Å². The zero-order valence-corrected chi connectivity index (χ0v) is 12.4. The van der Waals surface area contributed by atoms with Crippen molar-refractivity contribution in [3.05, 3.63) is 35.6 Å². The van der Waals surface area contributed by atoms with E-state index in [1.54, 1.807) is 12.1 Å². The maximum atomic E-state index is 12.9. The summed E-state index contributed by atoms with van der Waals surface area (Å²) in [5.74, 6) is 0.636. The summed E-state index contributed by atoms with van der Waals surface area (Å²) >= 11 is 0. The van der Waals surface area contributed by atoms with Crippen LogP contribution < -0.4 is 5.73 Å². The van der Waals surface area contributed by atoms with Crippen LogP contribution in [0.25, 0.3) is 0 Å². The lowest BCUT2D eigenvalue weighted by Crippen LogP contribution is -2.43. The Morgan fingerprint density at radius 3 is 2.45 bits per heavy atom. The van der Waals surface area contributed by atoms with Crippen LogP contribution in [0.15, 0.2) is 24.3 Å². The molecule has 1 fully saturated rings. The van der Waals surface area contributed by atoms with E-state index in [2.05, 4.69) is 6.92 Å². The summed E-state index contributed by atoms with van der Waals surface area (Å²) in [5, 5.41) is 0. The molecule has 1 aromatic rings. The molecule has 0 atom stereocenters. The fourth-order valence-corrected chi connectivity index (χ4v) is 3.13. The number of hydrogen-bond donors (Lipinski definition) is 1. The summed E-state index contributed by atoms with van der Waals surface area (Å²) < 4.78 is 19.0. The largest absolute Gasteiger partial charge is 0.369 e. The Balaban J connectivity index is 1.87. The maximum Gasteiger partial charge on any atom is 0.123 e. The maximum absolute atomic E-state index is 12.9. The van der Waals surface area contributed by atoms with Crippen molar-refractivity contribution in [2.45, 2.75) is 57.7 Å². The van der Waals surface area contributed by atoms with Crippen molar-refractivity contribution in [3.8, 4) is 0 Å². The van der Waals surface area contributed by atoms with Crippen LogP contribution in [0.5, 0.6) is 0 Å². The topological polar surface area (TPSA) is 35.2 Å². The highest BCUT2D eigenvalue weighted by Crippen LogP contribution is 2.36. The molecule has 20 heavy (non-hydrogen) atoms. The van der Waals surface area contributed by atoms with E-state index in [1.165, 1.54) is 37.8 Å². The van der Waals surface area contributed by atoms with Gasteiger partial charge in [0.25, 0.3) is 0 Å². The molecule has 1 aliphatic rings. The molecule has 0 bridgehead atoms. The molecule has 2 nitrogen and oxygen atoms in total. The zero-order chi connectivity index (χ0) is 14.4. The van der Waals surface area contributed by atoms with E-state index in [1.807, 2.05) is 0 Å². The molecule has 0 saturated heterocycles. The molecule has 1 aromatic carbocycles. The molecular formula is C17H26FNO. The van der Waals surface area contributed by atoms with Crippen molar-refractivity contribution in [1.29, 1.82) is 0 Å². The lowest BCUT2D eigenvalue weighted by Gasteiger charge is -2.39. The Morgan fingerprint density at radius 2 is 1.90 bits per heavy atom. The SMILES string of the molecule is CCCC1CCC(CN)(OCc2ccc(F)cc2)CC1. The molecule has 0 amide bonds. The lowest BCUT2D eigenvalue weighted by atomic mass is 9.77. The Hall–Kier alpha value is -0.930. The van der Waals surface area contributed by atoms with Crippen molar-refractivity contribution in [2.24, 2.45) is 11.7 Å². The molecule has 3 heteroatoms. The molecule has 0 aliphatic heterocycles. The van der Waals surface area contributed by atoms with E-state index in [0.717, 1.165) is 24.3 Å². The van der Waals surface area contributed by atoms with Crippen molar-refractivity contribution < 1.29 is 9.13 Å². The predicted octanol–water partition coefficient (Wildman–Crippen LogP) is 4.03. The number of halogens is 1. The summed E-state index contributed by atoms with van der Waals surface area (Å²) in [6.45, 7) is 3.35. The molecule has 0 heterocycles. The van der Waals surface area contributed by atoms with Crippen molar-refractivity contribution >= 4 is 0 Å². The Labute approximate surface area is 121 Å². The van der Waals surface area contributed by atoms with Gasteiger partial charge in [-0.1, -0.05) is 31.9 Å².